The highest BCUT2D eigenvalue weighted by atomic mass is 32.2. The first kappa shape index (κ1) is 44.5. The first-order valence-electron chi connectivity index (χ1n) is 20.4. The van der Waals surface area contributed by atoms with Gasteiger partial charge in [-0.15, -0.1) is 11.8 Å². The van der Waals surface area contributed by atoms with Crippen LogP contribution in [-0.4, -0.2) is 109 Å². The number of carbonyl (C=O) groups excluding carboxylic acids is 5. The molecular formula is C45H50O15S. The van der Waals surface area contributed by atoms with Gasteiger partial charge in [0.25, 0.3) is 0 Å². The van der Waals surface area contributed by atoms with Crippen molar-refractivity contribution in [2.45, 2.75) is 120 Å². The van der Waals surface area contributed by atoms with Crippen molar-refractivity contribution < 1.29 is 71.3 Å². The van der Waals surface area contributed by atoms with Gasteiger partial charge in [-0.05, 0) is 31.7 Å². The number of esters is 3. The topological polar surface area (TPSA) is 178 Å². The molecule has 0 bridgehead atoms. The van der Waals surface area contributed by atoms with Crippen LogP contribution >= 0.6 is 11.8 Å². The van der Waals surface area contributed by atoms with Gasteiger partial charge in [0.2, 0.25) is 0 Å². The predicted molar refractivity (Wildman–Crippen MR) is 216 cm³/mol. The maximum absolute atomic E-state index is 13.9. The molecule has 4 aliphatic rings. The molecule has 61 heavy (non-hydrogen) atoms. The van der Waals surface area contributed by atoms with Crippen molar-refractivity contribution in [3.63, 3.8) is 0 Å². The zero-order valence-electron chi connectivity index (χ0n) is 34.1. The molecule has 326 valence electrons. The normalized spacial score (nSPS) is 30.8. The third kappa shape index (κ3) is 11.3. The molecule has 0 aliphatic carbocycles. The van der Waals surface area contributed by atoms with Gasteiger partial charge in [0.15, 0.2) is 37.2 Å². The molecule has 0 amide bonds. The Morgan fingerprint density at radius 3 is 1.59 bits per heavy atom. The Hall–Kier alpha value is -4.52. The third-order valence-corrected chi connectivity index (χ3v) is 11.5. The van der Waals surface area contributed by atoms with E-state index >= 15 is 0 Å². The van der Waals surface area contributed by atoms with Crippen molar-refractivity contribution >= 4 is 41.2 Å². The monoisotopic (exact) mass is 862 g/mol. The maximum Gasteiger partial charge on any atom is 0.338 e. The van der Waals surface area contributed by atoms with Crippen molar-refractivity contribution in [1.82, 2.24) is 0 Å². The molecule has 7 rings (SSSR count). The summed E-state index contributed by atoms with van der Waals surface area (Å²) in [4.78, 5) is 64.9. The van der Waals surface area contributed by atoms with E-state index in [-0.39, 0.29) is 56.0 Å². The van der Waals surface area contributed by atoms with Crippen molar-refractivity contribution in [2.24, 2.45) is 0 Å². The van der Waals surface area contributed by atoms with Crippen LogP contribution in [0.15, 0.2) is 91.0 Å². The number of hydrogen-bond donors (Lipinski definition) is 0. The van der Waals surface area contributed by atoms with Crippen LogP contribution in [0.4, 0.5) is 0 Å². The number of carbonyl (C=O) groups is 5. The van der Waals surface area contributed by atoms with Crippen molar-refractivity contribution in [3.8, 4) is 0 Å². The zero-order chi connectivity index (χ0) is 42.9. The Labute approximate surface area is 357 Å². The van der Waals surface area contributed by atoms with Crippen LogP contribution < -0.4 is 0 Å². The number of fused-ring (bicyclic) bond motifs is 2. The summed E-state index contributed by atoms with van der Waals surface area (Å²) in [6.45, 7) is 4.68. The smallest absolute Gasteiger partial charge is 0.338 e. The Balaban J connectivity index is 1.28. The van der Waals surface area contributed by atoms with Crippen LogP contribution in [0, 0.1) is 0 Å². The Bertz CT molecular complexity index is 1950. The number of rotatable bonds is 16. The van der Waals surface area contributed by atoms with Crippen molar-refractivity contribution in [1.29, 1.82) is 0 Å². The molecule has 4 aliphatic heterocycles. The van der Waals surface area contributed by atoms with E-state index in [1.165, 1.54) is 25.6 Å². The minimum absolute atomic E-state index is 0.0580. The van der Waals surface area contributed by atoms with Gasteiger partial charge in [0.1, 0.15) is 47.5 Å². The molecule has 4 fully saturated rings. The average Bonchev–Trinajstić information content (AvgIpc) is 3.27. The zero-order valence-corrected chi connectivity index (χ0v) is 34.9. The standard InChI is InChI=1S/C45H50O15S/c1-4-61-45-40(57-41(50)28-14-8-5-9-15-28)38(36-32(54-45)25-52-43(59-36)30-18-12-7-13-19-30)60-44-39(56-34(49)23-21-27(3)47)37(55-33(48)22-20-26(2)46)35-31(53-44)24-51-42(58-35)29-16-10-6-11-17-29/h5-19,31-32,35-40,42-45H,4,20-25H2,1-3H3/t31-,32-,35-,36-,37+,38+,39-,40-,42-,43-,44+,45+/m1/s1. The van der Waals surface area contributed by atoms with Crippen LogP contribution in [-0.2, 0) is 66.5 Å². The van der Waals surface area contributed by atoms with E-state index in [0.717, 1.165) is 5.56 Å². The molecule has 15 nitrogen and oxygen atoms in total. The SMILES string of the molecule is CCS[C@@H]1O[C@@H]2CO[C@@H](c3ccccc3)O[C@H]2[C@H](O[C@@H]2O[C@@H]3CO[C@@H](c4ccccc4)O[C@H]3[C@H](OC(=O)CCC(C)=O)[C@H]2OC(=O)CCC(C)=O)[C@H]1OC(=O)c1ccccc1. The molecule has 0 aromatic heterocycles. The van der Waals surface area contributed by atoms with Crippen molar-refractivity contribution in [3.05, 3.63) is 108 Å². The molecule has 3 aromatic carbocycles. The lowest BCUT2D eigenvalue weighted by Gasteiger charge is -2.52. The predicted octanol–water partition coefficient (Wildman–Crippen LogP) is 5.59. The van der Waals surface area contributed by atoms with Gasteiger partial charge >= 0.3 is 17.9 Å². The fourth-order valence-electron chi connectivity index (χ4n) is 7.50. The lowest BCUT2D eigenvalue weighted by atomic mass is 9.95. The fourth-order valence-corrected chi connectivity index (χ4v) is 8.45. The van der Waals surface area contributed by atoms with Gasteiger partial charge < -0.3 is 57.0 Å². The van der Waals surface area contributed by atoms with Gasteiger partial charge in [0, 0.05) is 24.0 Å². The molecule has 0 N–H and O–H groups in total. The second-order valence-corrected chi connectivity index (χ2v) is 16.4. The second-order valence-electron chi connectivity index (χ2n) is 15.0. The van der Waals surface area contributed by atoms with E-state index in [2.05, 4.69) is 0 Å². The number of ether oxygens (including phenoxy) is 10. The highest BCUT2D eigenvalue weighted by molar-refractivity contribution is 7.99. The molecule has 0 spiro atoms. The first-order valence-corrected chi connectivity index (χ1v) is 21.5. The van der Waals surface area contributed by atoms with E-state index in [9.17, 15) is 24.0 Å². The first-order chi connectivity index (χ1) is 29.6. The van der Waals surface area contributed by atoms with E-state index in [1.54, 1.807) is 30.3 Å². The lowest BCUT2D eigenvalue weighted by Crippen LogP contribution is -2.68. The highest BCUT2D eigenvalue weighted by Gasteiger charge is 2.58. The summed E-state index contributed by atoms with van der Waals surface area (Å²) in [7, 11) is 0. The summed E-state index contributed by atoms with van der Waals surface area (Å²) in [6, 6.07) is 26.8. The minimum atomic E-state index is -1.52. The van der Waals surface area contributed by atoms with Crippen LogP contribution in [0.2, 0.25) is 0 Å². The number of thioether (sulfide) groups is 1. The van der Waals surface area contributed by atoms with E-state index < -0.39 is 91.0 Å². The Kier molecular flexibility index (Phi) is 15.4. The van der Waals surface area contributed by atoms with Crippen molar-refractivity contribution in [2.75, 3.05) is 19.0 Å². The van der Waals surface area contributed by atoms with Gasteiger partial charge in [-0.3, -0.25) is 9.59 Å². The lowest BCUT2D eigenvalue weighted by molar-refractivity contribution is -0.388. The van der Waals surface area contributed by atoms with Crippen LogP contribution in [0.3, 0.4) is 0 Å². The fraction of sp³-hybridized carbons (Fsp3) is 0.489. The maximum atomic E-state index is 13.9. The summed E-state index contributed by atoms with van der Waals surface area (Å²) < 4.78 is 64.0. The third-order valence-electron chi connectivity index (χ3n) is 10.5. The molecule has 12 atom stereocenters. The number of Topliss-reactive ketones (excluding diaryl/α,β-unsaturated/α-hetero) is 2. The highest BCUT2D eigenvalue weighted by Crippen LogP contribution is 2.43. The summed E-state index contributed by atoms with van der Waals surface area (Å²) >= 11 is 1.38. The second kappa shape index (κ2) is 21.0. The Morgan fingerprint density at radius 2 is 1.07 bits per heavy atom. The summed E-state index contributed by atoms with van der Waals surface area (Å²) in [5.41, 5.74) is 0.898. The van der Waals surface area contributed by atoms with Gasteiger partial charge in [0.05, 0.1) is 31.6 Å². The largest absolute Gasteiger partial charge is 0.455 e. The Morgan fingerprint density at radius 1 is 0.574 bits per heavy atom. The average molecular weight is 863 g/mol. The van der Waals surface area contributed by atoms with Gasteiger partial charge in [-0.2, -0.15) is 0 Å². The molecule has 3 aromatic rings. The molecule has 0 saturated carbocycles. The quantitative estimate of drug-likeness (QED) is 0.128. The molecule has 16 heteroatoms. The van der Waals surface area contributed by atoms with E-state index in [0.29, 0.717) is 11.3 Å². The van der Waals surface area contributed by atoms with Gasteiger partial charge in [-0.1, -0.05) is 85.8 Å². The molecule has 0 radical (unpaired) electrons. The van der Waals surface area contributed by atoms with Gasteiger partial charge in [-0.25, -0.2) is 4.79 Å². The van der Waals surface area contributed by atoms with E-state index in [4.69, 9.17) is 47.4 Å². The van der Waals surface area contributed by atoms with Crippen LogP contribution in [0.1, 0.15) is 80.5 Å². The molecule has 0 unspecified atom stereocenters. The number of benzene rings is 3. The number of hydrogen-bond acceptors (Lipinski definition) is 16. The van der Waals surface area contributed by atoms with E-state index in [1.807, 2.05) is 67.6 Å². The molecule has 4 heterocycles. The minimum Gasteiger partial charge on any atom is -0.455 e. The summed E-state index contributed by atoms with van der Waals surface area (Å²) in [5, 5.41) is 0. The summed E-state index contributed by atoms with van der Waals surface area (Å²) in [6.07, 6.45) is -12.9. The van der Waals surface area contributed by atoms with Crippen LogP contribution in [0.5, 0.6) is 0 Å². The summed E-state index contributed by atoms with van der Waals surface area (Å²) in [5.74, 6) is -2.10. The van der Waals surface area contributed by atoms with Crippen LogP contribution in [0.25, 0.3) is 0 Å². The number of ketones is 2. The molecule has 4 saturated heterocycles. The molecular weight excluding hydrogens is 813 g/mol.